The van der Waals surface area contributed by atoms with Crippen LogP contribution in [0.3, 0.4) is 0 Å². The number of nitrogens with zero attached hydrogens (tertiary/aromatic N) is 4. The first-order chi connectivity index (χ1) is 14.1. The highest BCUT2D eigenvalue weighted by atomic mass is 16.1. The van der Waals surface area contributed by atoms with Gasteiger partial charge in [-0.15, -0.1) is 10.2 Å². The Morgan fingerprint density at radius 1 is 1.14 bits per heavy atom. The van der Waals surface area contributed by atoms with Crippen LogP contribution in [0.1, 0.15) is 41.0 Å². The highest BCUT2D eigenvalue weighted by Gasteiger charge is 2.40. The second-order valence-corrected chi connectivity index (χ2v) is 7.26. The van der Waals surface area contributed by atoms with E-state index in [1.54, 1.807) is 24.3 Å². The van der Waals surface area contributed by atoms with Crippen molar-refractivity contribution in [1.82, 2.24) is 15.2 Å². The quantitative estimate of drug-likeness (QED) is 0.674. The van der Waals surface area contributed by atoms with Crippen LogP contribution in [0.4, 0.5) is 5.82 Å². The zero-order chi connectivity index (χ0) is 20.3. The summed E-state index contributed by atoms with van der Waals surface area (Å²) in [7, 11) is 0. The molecule has 1 aliphatic carbocycles. The molecule has 0 aliphatic heterocycles. The number of hydrogen-bond acceptors (Lipinski definition) is 6. The van der Waals surface area contributed by atoms with Crippen molar-refractivity contribution >= 4 is 11.7 Å². The van der Waals surface area contributed by atoms with Crippen LogP contribution >= 0.6 is 0 Å². The first-order valence-corrected chi connectivity index (χ1v) is 9.45. The van der Waals surface area contributed by atoms with Crippen molar-refractivity contribution in [3.63, 3.8) is 0 Å². The van der Waals surface area contributed by atoms with Gasteiger partial charge in [-0.05, 0) is 49.2 Å². The van der Waals surface area contributed by atoms with Crippen LogP contribution < -0.4 is 11.1 Å². The van der Waals surface area contributed by atoms with E-state index in [9.17, 15) is 4.79 Å². The molecule has 1 aliphatic rings. The molecule has 4 rings (SSSR count). The van der Waals surface area contributed by atoms with Crippen LogP contribution in [0.25, 0.3) is 11.3 Å². The molecule has 0 atom stereocenters. The predicted molar refractivity (Wildman–Crippen MR) is 109 cm³/mol. The van der Waals surface area contributed by atoms with Crippen LogP contribution in [0.2, 0.25) is 0 Å². The molecule has 7 nitrogen and oxygen atoms in total. The summed E-state index contributed by atoms with van der Waals surface area (Å²) < 4.78 is 0. The number of rotatable bonds is 6. The van der Waals surface area contributed by atoms with Gasteiger partial charge in [0.05, 0.1) is 5.69 Å². The summed E-state index contributed by atoms with van der Waals surface area (Å²) in [6.45, 7) is 0.681. The second-order valence-electron chi connectivity index (χ2n) is 7.26. The SMILES string of the molecule is N#Cc1cccc(C2(CNc3ccc(-c4cccc(C(N)=O)c4)nn3)CCC2)n1. The molecular weight excluding hydrogens is 364 g/mol. The molecule has 0 radical (unpaired) electrons. The van der Waals surface area contributed by atoms with E-state index in [4.69, 9.17) is 11.0 Å². The number of nitrogens with one attached hydrogen (secondary N) is 1. The van der Waals surface area contributed by atoms with E-state index in [1.165, 1.54) is 0 Å². The minimum absolute atomic E-state index is 0.0803. The van der Waals surface area contributed by atoms with Crippen molar-refractivity contribution in [3.05, 3.63) is 71.5 Å². The van der Waals surface area contributed by atoms with Crippen molar-refractivity contribution in [2.45, 2.75) is 24.7 Å². The molecule has 2 aromatic heterocycles. The number of primary amides is 1. The molecule has 7 heteroatoms. The molecule has 29 heavy (non-hydrogen) atoms. The lowest BCUT2D eigenvalue weighted by atomic mass is 9.66. The number of benzene rings is 1. The number of pyridine rings is 1. The van der Waals surface area contributed by atoms with Crippen LogP contribution in [0, 0.1) is 11.3 Å². The van der Waals surface area contributed by atoms with Crippen LogP contribution in [-0.4, -0.2) is 27.6 Å². The number of nitriles is 1. The lowest BCUT2D eigenvalue weighted by molar-refractivity contribution is 0.100. The normalized spacial score (nSPS) is 14.4. The van der Waals surface area contributed by atoms with Gasteiger partial charge in [0.2, 0.25) is 5.91 Å². The molecule has 0 bridgehead atoms. The van der Waals surface area contributed by atoms with Gasteiger partial charge in [0, 0.05) is 28.8 Å². The number of nitrogens with two attached hydrogens (primary N) is 1. The number of aromatic nitrogens is 3. The molecule has 1 amide bonds. The van der Waals surface area contributed by atoms with E-state index < -0.39 is 5.91 Å². The summed E-state index contributed by atoms with van der Waals surface area (Å²) >= 11 is 0. The van der Waals surface area contributed by atoms with Crippen molar-refractivity contribution in [2.24, 2.45) is 5.73 Å². The summed E-state index contributed by atoms with van der Waals surface area (Å²) in [5.41, 5.74) is 8.54. The third-order valence-electron chi connectivity index (χ3n) is 5.43. The number of hydrogen-bond donors (Lipinski definition) is 2. The second kappa shape index (κ2) is 7.68. The molecule has 144 valence electrons. The monoisotopic (exact) mass is 384 g/mol. The van der Waals surface area contributed by atoms with Crippen molar-refractivity contribution in [2.75, 3.05) is 11.9 Å². The largest absolute Gasteiger partial charge is 0.368 e. The fourth-order valence-corrected chi connectivity index (χ4v) is 3.59. The topological polar surface area (TPSA) is 118 Å². The zero-order valence-electron chi connectivity index (χ0n) is 15.8. The molecule has 2 heterocycles. The summed E-state index contributed by atoms with van der Waals surface area (Å²) in [5, 5.41) is 21.0. The van der Waals surface area contributed by atoms with Crippen LogP contribution in [0.5, 0.6) is 0 Å². The summed E-state index contributed by atoms with van der Waals surface area (Å²) in [5.74, 6) is 0.195. The Morgan fingerprint density at radius 2 is 1.97 bits per heavy atom. The van der Waals surface area contributed by atoms with E-state index in [-0.39, 0.29) is 5.41 Å². The lowest BCUT2D eigenvalue weighted by Gasteiger charge is -2.41. The molecule has 1 aromatic carbocycles. The van der Waals surface area contributed by atoms with Gasteiger partial charge < -0.3 is 11.1 Å². The van der Waals surface area contributed by atoms with Gasteiger partial charge in [-0.25, -0.2) is 4.98 Å². The van der Waals surface area contributed by atoms with Crippen molar-refractivity contribution < 1.29 is 4.79 Å². The van der Waals surface area contributed by atoms with Gasteiger partial charge in [0.1, 0.15) is 17.6 Å². The highest BCUT2D eigenvalue weighted by molar-refractivity contribution is 5.93. The van der Waals surface area contributed by atoms with Gasteiger partial charge in [0.15, 0.2) is 0 Å². The fraction of sp³-hybridized carbons (Fsp3) is 0.227. The van der Waals surface area contributed by atoms with Gasteiger partial charge in [-0.1, -0.05) is 24.6 Å². The molecule has 1 saturated carbocycles. The van der Waals surface area contributed by atoms with Gasteiger partial charge in [0.25, 0.3) is 0 Å². The minimum atomic E-state index is -0.474. The third-order valence-corrected chi connectivity index (χ3v) is 5.43. The van der Waals surface area contributed by atoms with Crippen LogP contribution in [-0.2, 0) is 5.41 Å². The number of anilines is 1. The molecule has 0 unspecified atom stereocenters. The molecule has 1 fully saturated rings. The lowest BCUT2D eigenvalue weighted by Crippen LogP contribution is -2.42. The Bertz CT molecular complexity index is 1080. The maximum atomic E-state index is 11.4. The molecule has 0 saturated heterocycles. The molecule has 3 N–H and O–H groups in total. The molecular formula is C22H20N6O. The van der Waals surface area contributed by atoms with Crippen molar-refractivity contribution in [1.29, 1.82) is 5.26 Å². The average Bonchev–Trinajstić information content (AvgIpc) is 2.73. The maximum absolute atomic E-state index is 11.4. The smallest absolute Gasteiger partial charge is 0.248 e. The summed E-state index contributed by atoms with van der Waals surface area (Å²) in [6.07, 6.45) is 3.18. The van der Waals surface area contributed by atoms with E-state index >= 15 is 0 Å². The fourth-order valence-electron chi connectivity index (χ4n) is 3.59. The molecule has 3 aromatic rings. The van der Waals surface area contributed by atoms with Gasteiger partial charge >= 0.3 is 0 Å². The Balaban J connectivity index is 1.48. The van der Waals surface area contributed by atoms with E-state index in [1.807, 2.05) is 30.3 Å². The highest BCUT2D eigenvalue weighted by Crippen LogP contribution is 2.43. The predicted octanol–water partition coefficient (Wildman–Crippen LogP) is 3.04. The van der Waals surface area contributed by atoms with E-state index in [0.29, 0.717) is 29.3 Å². The first-order valence-electron chi connectivity index (χ1n) is 9.45. The Morgan fingerprint density at radius 3 is 2.62 bits per heavy atom. The maximum Gasteiger partial charge on any atom is 0.248 e. The Hall–Kier alpha value is -3.79. The van der Waals surface area contributed by atoms with E-state index in [2.05, 4.69) is 26.6 Å². The number of amides is 1. The minimum Gasteiger partial charge on any atom is -0.368 e. The van der Waals surface area contributed by atoms with Gasteiger partial charge in [-0.2, -0.15) is 5.26 Å². The third kappa shape index (κ3) is 3.78. The Labute approximate surface area is 168 Å². The van der Waals surface area contributed by atoms with Crippen molar-refractivity contribution in [3.8, 4) is 17.3 Å². The van der Waals surface area contributed by atoms with E-state index in [0.717, 1.165) is 30.5 Å². The standard InChI is InChI=1S/C22H20N6O/c23-13-17-6-2-7-19(26-17)22(10-3-11-22)14-25-20-9-8-18(27-28-20)15-4-1-5-16(12-15)21(24)29/h1-2,4-9,12H,3,10-11,14H2,(H2,24,29)(H,25,28). The van der Waals surface area contributed by atoms with Gasteiger partial charge in [-0.3, -0.25) is 4.79 Å². The van der Waals surface area contributed by atoms with Crippen LogP contribution in [0.15, 0.2) is 54.6 Å². The summed E-state index contributed by atoms with van der Waals surface area (Å²) in [4.78, 5) is 15.9. The zero-order valence-corrected chi connectivity index (χ0v) is 15.8. The number of carbonyl (C=O) groups is 1. The number of carbonyl (C=O) groups excluding carboxylic acids is 1. The summed E-state index contributed by atoms with van der Waals surface area (Å²) in [6, 6.07) is 18.4. The average molecular weight is 384 g/mol. The Kier molecular flexibility index (Phi) is 4.92. The first kappa shape index (κ1) is 18.6. The molecule has 0 spiro atoms.